The molecule has 2 aliphatic rings. The van der Waals surface area contributed by atoms with E-state index in [1.807, 2.05) is 11.4 Å². The van der Waals surface area contributed by atoms with E-state index in [4.69, 9.17) is 37.8 Å². The maximum absolute atomic E-state index is 12.0. The molecule has 190 valence electrons. The number of carbonyl (C=O) groups is 2. The third-order valence-electron chi connectivity index (χ3n) is 4.67. The van der Waals surface area contributed by atoms with E-state index in [9.17, 15) is 9.59 Å². The van der Waals surface area contributed by atoms with Gasteiger partial charge in [0.15, 0.2) is 10.8 Å². The van der Waals surface area contributed by atoms with Crippen LogP contribution < -0.4 is 5.32 Å². The highest BCUT2D eigenvalue weighted by molar-refractivity contribution is 7.11. The summed E-state index contributed by atoms with van der Waals surface area (Å²) in [6, 6.07) is 7.08. The molecular formula is C23H28Cl2N4O5S. The van der Waals surface area contributed by atoms with Crippen LogP contribution in [-0.4, -0.2) is 79.3 Å². The fourth-order valence-electron chi connectivity index (χ4n) is 2.86. The van der Waals surface area contributed by atoms with Crippen LogP contribution in [0, 0.1) is 0 Å². The van der Waals surface area contributed by atoms with Gasteiger partial charge in [0.1, 0.15) is 0 Å². The van der Waals surface area contributed by atoms with Crippen molar-refractivity contribution in [1.29, 1.82) is 0 Å². The van der Waals surface area contributed by atoms with Gasteiger partial charge in [-0.05, 0) is 18.2 Å². The van der Waals surface area contributed by atoms with Gasteiger partial charge in [0.2, 0.25) is 0 Å². The first-order chi connectivity index (χ1) is 16.8. The molecule has 2 N–H and O–H groups in total. The summed E-state index contributed by atoms with van der Waals surface area (Å²) in [6.45, 7) is 5.70. The molecular weight excluding hydrogens is 515 g/mol. The number of methoxy groups -OCH3 is 1. The highest BCUT2D eigenvalue weighted by Gasteiger charge is 2.25. The van der Waals surface area contributed by atoms with Crippen LogP contribution in [0.1, 0.15) is 18.4 Å². The molecule has 0 bridgehead atoms. The lowest BCUT2D eigenvalue weighted by Crippen LogP contribution is -2.42. The number of morpholine rings is 1. The number of aromatic nitrogens is 1. The van der Waals surface area contributed by atoms with Gasteiger partial charge in [-0.1, -0.05) is 36.2 Å². The molecule has 1 fully saturated rings. The number of amidine groups is 1. The van der Waals surface area contributed by atoms with E-state index in [0.29, 0.717) is 47.8 Å². The number of halogens is 2. The molecule has 3 heterocycles. The van der Waals surface area contributed by atoms with Gasteiger partial charge in [-0.25, -0.2) is 9.78 Å². The summed E-state index contributed by atoms with van der Waals surface area (Å²) in [5, 5.41) is 15.1. The first-order valence-electron chi connectivity index (χ1n) is 10.8. The third kappa shape index (κ3) is 10.3. The van der Waals surface area contributed by atoms with Gasteiger partial charge in [0.05, 0.1) is 32.4 Å². The number of hydrogen-bond donors (Lipinski definition) is 2. The summed E-state index contributed by atoms with van der Waals surface area (Å²) in [5.74, 6) is -0.367. The predicted molar refractivity (Wildman–Crippen MR) is 137 cm³/mol. The van der Waals surface area contributed by atoms with Crippen LogP contribution in [0.4, 0.5) is 0 Å². The Morgan fingerprint density at radius 3 is 2.40 bits per heavy atom. The third-order valence-corrected chi connectivity index (χ3v) is 5.92. The number of nitrogens with zero attached hydrogens (tertiary/aromatic N) is 3. The molecule has 1 aromatic carbocycles. The SMILES string of the molecule is CCC(=O)O.COC(=O)C1=C(CN2CCOCC2)NC(c2nccs2)=NC1.Clc1cccc(Cl)c1. The number of nitrogens with one attached hydrogen (secondary N) is 1. The van der Waals surface area contributed by atoms with Crippen molar-refractivity contribution in [3.63, 3.8) is 0 Å². The Balaban J connectivity index is 0.000000273. The summed E-state index contributed by atoms with van der Waals surface area (Å²) in [5.41, 5.74) is 1.42. The lowest BCUT2D eigenvalue weighted by atomic mass is 10.1. The van der Waals surface area contributed by atoms with Gasteiger partial charge in [-0.3, -0.25) is 14.7 Å². The molecule has 2 aromatic rings. The lowest BCUT2D eigenvalue weighted by molar-refractivity contribution is -0.137. The smallest absolute Gasteiger partial charge is 0.337 e. The first kappa shape index (κ1) is 28.7. The maximum Gasteiger partial charge on any atom is 0.337 e. The second kappa shape index (κ2) is 15.5. The van der Waals surface area contributed by atoms with E-state index in [1.54, 1.807) is 31.3 Å². The Kier molecular flexibility index (Phi) is 12.7. The highest BCUT2D eigenvalue weighted by Crippen LogP contribution is 2.16. The monoisotopic (exact) mass is 542 g/mol. The number of carboxylic acids is 1. The van der Waals surface area contributed by atoms with E-state index >= 15 is 0 Å². The van der Waals surface area contributed by atoms with Crippen LogP contribution in [0.25, 0.3) is 0 Å². The zero-order valence-corrected chi connectivity index (χ0v) is 21.8. The van der Waals surface area contributed by atoms with Crippen LogP contribution in [0.5, 0.6) is 0 Å². The number of carboxylic acid groups (broad SMARTS) is 1. The largest absolute Gasteiger partial charge is 0.481 e. The Labute approximate surface area is 218 Å². The molecule has 9 nitrogen and oxygen atoms in total. The van der Waals surface area contributed by atoms with Crippen molar-refractivity contribution >= 4 is 52.3 Å². The molecule has 0 saturated carbocycles. The van der Waals surface area contributed by atoms with Crippen molar-refractivity contribution in [3.8, 4) is 0 Å². The van der Waals surface area contributed by atoms with Crippen LogP contribution in [-0.2, 0) is 19.1 Å². The number of aliphatic imine (C=N–C) groups is 1. The van der Waals surface area contributed by atoms with E-state index in [-0.39, 0.29) is 12.4 Å². The van der Waals surface area contributed by atoms with Gasteiger partial charge in [0, 0.05) is 53.4 Å². The summed E-state index contributed by atoms with van der Waals surface area (Å²) in [4.78, 5) is 32.3. The molecule has 4 rings (SSSR count). The molecule has 1 saturated heterocycles. The topological polar surface area (TPSA) is 113 Å². The average molecular weight is 543 g/mol. The van der Waals surface area contributed by atoms with Gasteiger partial charge >= 0.3 is 11.9 Å². The Morgan fingerprint density at radius 2 is 1.91 bits per heavy atom. The van der Waals surface area contributed by atoms with Crippen molar-refractivity contribution in [3.05, 3.63) is 62.2 Å². The first-order valence-corrected chi connectivity index (χ1v) is 12.4. The number of aliphatic carboxylic acids is 1. The second-order valence-electron chi connectivity index (χ2n) is 7.15. The Hall–Kier alpha value is -2.50. The molecule has 0 aliphatic carbocycles. The molecule has 2 aliphatic heterocycles. The number of ether oxygens (including phenoxy) is 2. The summed E-state index contributed by atoms with van der Waals surface area (Å²) < 4.78 is 10.2. The maximum atomic E-state index is 12.0. The molecule has 0 amide bonds. The molecule has 0 radical (unpaired) electrons. The number of carbonyl (C=O) groups excluding carboxylic acids is 1. The van der Waals surface area contributed by atoms with E-state index in [0.717, 1.165) is 23.8 Å². The van der Waals surface area contributed by atoms with Crippen molar-refractivity contribution < 1.29 is 24.2 Å². The number of hydrogen-bond acceptors (Lipinski definition) is 9. The minimum Gasteiger partial charge on any atom is -0.481 e. The molecule has 12 heteroatoms. The van der Waals surface area contributed by atoms with E-state index in [1.165, 1.54) is 18.4 Å². The van der Waals surface area contributed by atoms with Crippen LogP contribution >= 0.6 is 34.5 Å². The summed E-state index contributed by atoms with van der Waals surface area (Å²) in [6.07, 6.45) is 1.96. The lowest BCUT2D eigenvalue weighted by Gasteiger charge is -2.29. The molecule has 0 atom stereocenters. The van der Waals surface area contributed by atoms with Crippen molar-refractivity contribution in [2.75, 3.05) is 46.5 Å². The van der Waals surface area contributed by atoms with E-state index in [2.05, 4.69) is 20.2 Å². The number of thiazole rings is 1. The van der Waals surface area contributed by atoms with Gasteiger partial charge in [0.25, 0.3) is 0 Å². The summed E-state index contributed by atoms with van der Waals surface area (Å²) in [7, 11) is 1.39. The number of benzene rings is 1. The molecule has 1 aromatic heterocycles. The van der Waals surface area contributed by atoms with Gasteiger partial charge in [-0.2, -0.15) is 0 Å². The van der Waals surface area contributed by atoms with Crippen molar-refractivity contribution in [2.45, 2.75) is 13.3 Å². The average Bonchev–Trinajstić information content (AvgIpc) is 3.40. The zero-order valence-electron chi connectivity index (χ0n) is 19.5. The minimum atomic E-state index is -0.745. The van der Waals surface area contributed by atoms with Crippen LogP contribution in [0.3, 0.4) is 0 Å². The van der Waals surface area contributed by atoms with Gasteiger partial charge in [-0.15, -0.1) is 11.3 Å². The van der Waals surface area contributed by atoms with E-state index < -0.39 is 5.97 Å². The number of esters is 1. The normalized spacial score (nSPS) is 15.5. The summed E-state index contributed by atoms with van der Waals surface area (Å²) >= 11 is 12.6. The molecule has 35 heavy (non-hydrogen) atoms. The number of rotatable bonds is 5. The molecule has 0 spiro atoms. The van der Waals surface area contributed by atoms with Crippen LogP contribution in [0.15, 0.2) is 52.1 Å². The quantitative estimate of drug-likeness (QED) is 0.549. The fourth-order valence-corrected chi connectivity index (χ4v) is 3.90. The molecule has 0 unspecified atom stereocenters. The Bertz CT molecular complexity index is 1010. The highest BCUT2D eigenvalue weighted by atomic mass is 35.5. The van der Waals surface area contributed by atoms with Crippen molar-refractivity contribution in [2.24, 2.45) is 4.99 Å². The zero-order chi connectivity index (χ0) is 25.6. The Morgan fingerprint density at radius 1 is 1.26 bits per heavy atom. The van der Waals surface area contributed by atoms with Gasteiger partial charge < -0.3 is 19.9 Å². The minimum absolute atomic E-state index is 0.222. The standard InChI is InChI=1S/C14H18N4O3S.C6H4Cl2.C3H6O2/c1-20-14(19)10-8-16-12(13-15-2-7-22-13)17-11(10)9-18-3-5-21-6-4-18;7-5-2-1-3-6(8)4-5;1-2-3(4)5/h2,7H,3-6,8-9H2,1H3,(H,16,17);1-4H;2H2,1H3,(H,4,5). The predicted octanol–water partition coefficient (Wildman–Crippen LogP) is 3.73. The van der Waals surface area contributed by atoms with Crippen molar-refractivity contribution in [1.82, 2.24) is 15.2 Å². The van der Waals surface area contributed by atoms with Crippen LogP contribution in [0.2, 0.25) is 10.0 Å². The fraction of sp³-hybridized carbons (Fsp3) is 0.391. The second-order valence-corrected chi connectivity index (χ2v) is 8.92.